The lowest BCUT2D eigenvalue weighted by Gasteiger charge is -2.61. The van der Waals surface area contributed by atoms with E-state index in [1.165, 1.54) is 32.1 Å². The van der Waals surface area contributed by atoms with Gasteiger partial charge in [0.15, 0.2) is 0 Å². The summed E-state index contributed by atoms with van der Waals surface area (Å²) in [6.45, 7) is 6.40. The molecule has 0 saturated heterocycles. The highest BCUT2D eigenvalue weighted by molar-refractivity contribution is 5.66. The number of carbonyl (C=O) groups excluding carboxylic acids is 1. The van der Waals surface area contributed by atoms with Crippen LogP contribution in [0.5, 0.6) is 0 Å². The number of aliphatic hydroxyl groups is 1. The zero-order valence-electron chi connectivity index (χ0n) is 16.6. The molecule has 4 saturated carbocycles. The van der Waals surface area contributed by atoms with E-state index in [0.717, 1.165) is 37.5 Å². The van der Waals surface area contributed by atoms with Crippen molar-refractivity contribution in [2.24, 2.45) is 34.5 Å². The van der Waals surface area contributed by atoms with Crippen LogP contribution < -0.4 is 0 Å². The zero-order valence-corrected chi connectivity index (χ0v) is 16.6. The van der Waals surface area contributed by atoms with Crippen molar-refractivity contribution in [2.75, 3.05) is 0 Å². The molecule has 1 N–H and O–H groups in total. The fourth-order valence-electron chi connectivity index (χ4n) is 7.72. The van der Waals surface area contributed by atoms with Gasteiger partial charge in [-0.1, -0.05) is 19.8 Å². The molecule has 4 aliphatic rings. The molecule has 0 heterocycles. The first kappa shape index (κ1) is 18.4. The van der Waals surface area contributed by atoms with Gasteiger partial charge in [0.2, 0.25) is 0 Å². The average Bonchev–Trinajstić information content (AvgIpc) is 2.92. The summed E-state index contributed by atoms with van der Waals surface area (Å²) in [5.74, 6) is 5.25. The van der Waals surface area contributed by atoms with Crippen molar-refractivity contribution in [2.45, 2.75) is 90.3 Å². The Labute approximate surface area is 158 Å². The molecule has 26 heavy (non-hydrogen) atoms. The molecule has 3 nitrogen and oxygen atoms in total. The fourth-order valence-corrected chi connectivity index (χ4v) is 7.72. The van der Waals surface area contributed by atoms with Crippen molar-refractivity contribution in [3.8, 4) is 12.3 Å². The lowest BCUT2D eigenvalue weighted by molar-refractivity contribution is -0.165. The summed E-state index contributed by atoms with van der Waals surface area (Å²) in [6, 6.07) is 0. The summed E-state index contributed by atoms with van der Waals surface area (Å²) >= 11 is 0. The topological polar surface area (TPSA) is 46.5 Å². The van der Waals surface area contributed by atoms with Crippen LogP contribution in [0.2, 0.25) is 0 Å². The third-order valence-electron chi connectivity index (χ3n) is 9.22. The van der Waals surface area contributed by atoms with Gasteiger partial charge in [-0.3, -0.25) is 4.79 Å². The second kappa shape index (κ2) is 5.99. The standard InChI is InChI=1S/C23H34O3/c1-5-23(25)13-12-21(3)16(14-23)6-7-17-18-8-9-20(26-15(2)24)22(18,4)11-10-19(17)21/h1,16-20,25H,6-14H2,2-4H3/t16-,17+,18+,19+,20-,21-,22-,23+/m0/s1. The summed E-state index contributed by atoms with van der Waals surface area (Å²) in [7, 11) is 0. The maximum atomic E-state index is 11.6. The molecular formula is C23H34O3. The van der Waals surface area contributed by atoms with Crippen LogP contribution >= 0.6 is 0 Å². The second-order valence-corrected chi connectivity index (χ2v) is 10.3. The van der Waals surface area contributed by atoms with Gasteiger partial charge >= 0.3 is 5.97 Å². The van der Waals surface area contributed by atoms with Crippen LogP contribution in [0.3, 0.4) is 0 Å². The third kappa shape index (κ3) is 2.55. The van der Waals surface area contributed by atoms with Crippen LogP contribution in [0.25, 0.3) is 0 Å². The van der Waals surface area contributed by atoms with E-state index in [-0.39, 0.29) is 17.5 Å². The van der Waals surface area contributed by atoms with E-state index in [0.29, 0.717) is 17.3 Å². The SMILES string of the molecule is C#C[C@@]1(O)CC[C@@]2(C)[C@@H](CC[C@H]3[C@H]2CC[C@]2(C)[C@@H](OC(C)=O)CC[C@H]32)C1. The molecule has 0 amide bonds. The third-order valence-corrected chi connectivity index (χ3v) is 9.22. The Balaban J connectivity index is 1.57. The molecule has 144 valence electrons. The summed E-state index contributed by atoms with van der Waals surface area (Å²) in [4.78, 5) is 11.6. The second-order valence-electron chi connectivity index (χ2n) is 10.3. The lowest BCUT2D eigenvalue weighted by Crippen LogP contribution is -2.56. The molecule has 0 aromatic rings. The number of hydrogen-bond donors (Lipinski definition) is 1. The van der Waals surface area contributed by atoms with Gasteiger partial charge in [-0.15, -0.1) is 6.42 Å². The molecule has 8 atom stereocenters. The van der Waals surface area contributed by atoms with E-state index in [1.807, 2.05) is 0 Å². The smallest absolute Gasteiger partial charge is 0.302 e. The van der Waals surface area contributed by atoms with Crippen LogP contribution in [0, 0.1) is 46.8 Å². The first-order valence-corrected chi connectivity index (χ1v) is 10.6. The Hall–Kier alpha value is -1.01. The highest BCUT2D eigenvalue weighted by Crippen LogP contribution is 2.67. The van der Waals surface area contributed by atoms with Gasteiger partial charge in [0, 0.05) is 12.3 Å². The fraction of sp³-hybridized carbons (Fsp3) is 0.870. The van der Waals surface area contributed by atoms with E-state index in [4.69, 9.17) is 11.2 Å². The van der Waals surface area contributed by atoms with Crippen LogP contribution in [0.4, 0.5) is 0 Å². The molecule has 0 aromatic carbocycles. The molecule has 4 fully saturated rings. The lowest BCUT2D eigenvalue weighted by atomic mass is 9.44. The number of terminal acetylenes is 1. The predicted molar refractivity (Wildman–Crippen MR) is 101 cm³/mol. The minimum Gasteiger partial charge on any atom is -0.462 e. The molecule has 0 unspecified atom stereocenters. The van der Waals surface area contributed by atoms with Crippen LogP contribution in [-0.4, -0.2) is 22.8 Å². The van der Waals surface area contributed by atoms with Crippen LogP contribution in [0.15, 0.2) is 0 Å². The predicted octanol–water partition coefficient (Wildman–Crippen LogP) is 4.33. The molecule has 0 aromatic heterocycles. The van der Waals surface area contributed by atoms with Gasteiger partial charge in [0.25, 0.3) is 0 Å². The molecule has 4 aliphatic carbocycles. The minimum absolute atomic E-state index is 0.106. The van der Waals surface area contributed by atoms with Crippen molar-refractivity contribution >= 4 is 5.97 Å². The van der Waals surface area contributed by atoms with Gasteiger partial charge in [-0.05, 0) is 86.9 Å². The summed E-state index contributed by atoms with van der Waals surface area (Å²) < 4.78 is 5.74. The van der Waals surface area contributed by atoms with Crippen molar-refractivity contribution < 1.29 is 14.6 Å². The Morgan fingerprint density at radius 2 is 1.77 bits per heavy atom. The highest BCUT2D eigenvalue weighted by atomic mass is 16.5. The minimum atomic E-state index is -0.881. The van der Waals surface area contributed by atoms with Crippen LogP contribution in [-0.2, 0) is 9.53 Å². The van der Waals surface area contributed by atoms with Gasteiger partial charge in [0.1, 0.15) is 11.7 Å². The summed E-state index contributed by atoms with van der Waals surface area (Å²) in [5.41, 5.74) is -0.412. The van der Waals surface area contributed by atoms with Crippen molar-refractivity contribution in [1.82, 2.24) is 0 Å². The zero-order chi connectivity index (χ0) is 18.7. The van der Waals surface area contributed by atoms with Crippen molar-refractivity contribution in [3.05, 3.63) is 0 Å². The number of fused-ring (bicyclic) bond motifs is 5. The Morgan fingerprint density at radius 1 is 1.04 bits per heavy atom. The number of hydrogen-bond acceptors (Lipinski definition) is 3. The molecule has 0 bridgehead atoms. The molecule has 0 spiro atoms. The largest absolute Gasteiger partial charge is 0.462 e. The Morgan fingerprint density at radius 3 is 2.46 bits per heavy atom. The number of esters is 1. The summed E-state index contributed by atoms with van der Waals surface area (Å²) in [6.07, 6.45) is 15.4. The van der Waals surface area contributed by atoms with Crippen molar-refractivity contribution in [3.63, 3.8) is 0 Å². The first-order valence-electron chi connectivity index (χ1n) is 10.6. The number of rotatable bonds is 1. The maximum Gasteiger partial charge on any atom is 0.302 e. The first-order chi connectivity index (χ1) is 12.2. The molecule has 3 heteroatoms. The highest BCUT2D eigenvalue weighted by Gasteiger charge is 2.61. The van der Waals surface area contributed by atoms with Gasteiger partial charge < -0.3 is 9.84 Å². The average molecular weight is 359 g/mol. The molecular weight excluding hydrogens is 324 g/mol. The Kier molecular flexibility index (Phi) is 4.23. The maximum absolute atomic E-state index is 11.6. The normalized spacial score (nSPS) is 53.0. The number of carbonyl (C=O) groups is 1. The van der Waals surface area contributed by atoms with E-state index in [9.17, 15) is 9.90 Å². The van der Waals surface area contributed by atoms with Gasteiger partial charge in [0.05, 0.1) is 0 Å². The summed E-state index contributed by atoms with van der Waals surface area (Å²) in [5, 5.41) is 10.7. The van der Waals surface area contributed by atoms with Gasteiger partial charge in [-0.25, -0.2) is 0 Å². The van der Waals surface area contributed by atoms with E-state index < -0.39 is 5.60 Å². The quantitative estimate of drug-likeness (QED) is 0.561. The van der Waals surface area contributed by atoms with Crippen LogP contribution in [0.1, 0.15) is 78.6 Å². The van der Waals surface area contributed by atoms with E-state index in [2.05, 4.69) is 19.8 Å². The van der Waals surface area contributed by atoms with E-state index in [1.54, 1.807) is 6.92 Å². The monoisotopic (exact) mass is 358 g/mol. The Bertz CT molecular complexity index is 636. The molecule has 0 aliphatic heterocycles. The van der Waals surface area contributed by atoms with Crippen molar-refractivity contribution in [1.29, 1.82) is 0 Å². The van der Waals surface area contributed by atoms with E-state index >= 15 is 0 Å². The molecule has 0 radical (unpaired) electrons. The molecule has 4 rings (SSSR count). The number of ether oxygens (including phenoxy) is 1. The van der Waals surface area contributed by atoms with Gasteiger partial charge in [-0.2, -0.15) is 0 Å².